The average Bonchev–Trinajstić information content (AvgIpc) is 2.94. The van der Waals surface area contributed by atoms with Crippen molar-refractivity contribution < 1.29 is 31.1 Å². The van der Waals surface area contributed by atoms with Crippen LogP contribution in [0.5, 0.6) is 5.88 Å². The van der Waals surface area contributed by atoms with Crippen LogP contribution in [-0.2, 0) is 0 Å². The molecule has 1 aliphatic rings. The Balaban J connectivity index is 2.02. The summed E-state index contributed by atoms with van der Waals surface area (Å²) in [6.45, 7) is 0.276. The second-order valence-electron chi connectivity index (χ2n) is 5.94. The van der Waals surface area contributed by atoms with Gasteiger partial charge in [-0.3, -0.25) is 0 Å². The van der Waals surface area contributed by atoms with Gasteiger partial charge in [-0.25, -0.2) is 0 Å². The number of aromatic nitrogens is 2. The number of hydrogen-bond acceptors (Lipinski definition) is 5. The van der Waals surface area contributed by atoms with Crippen LogP contribution in [0.1, 0.15) is 25.5 Å². The molecule has 0 radical (unpaired) electrons. The molecular formula is C14H17F6N3OS. The molecule has 4 nitrogen and oxygen atoms in total. The summed E-state index contributed by atoms with van der Waals surface area (Å²) in [4.78, 5) is 2.01. The average molecular weight is 389 g/mol. The van der Waals surface area contributed by atoms with Gasteiger partial charge in [0.05, 0.1) is 24.8 Å². The van der Waals surface area contributed by atoms with Gasteiger partial charge < -0.3 is 9.64 Å². The number of hydrogen-bond donors (Lipinski definition) is 0. The summed E-state index contributed by atoms with van der Waals surface area (Å²) in [5.41, 5.74) is 1.14. The Morgan fingerprint density at radius 3 is 2.48 bits per heavy atom. The van der Waals surface area contributed by atoms with Gasteiger partial charge in [0.2, 0.25) is 0 Å². The number of rotatable bonds is 7. The molecule has 0 unspecified atom stereocenters. The van der Waals surface area contributed by atoms with Crippen molar-refractivity contribution in [1.82, 2.24) is 13.6 Å². The maximum atomic E-state index is 13.5. The monoisotopic (exact) mass is 389 g/mol. The topological polar surface area (TPSA) is 38.2 Å². The minimum absolute atomic E-state index is 0.0612. The first-order valence-electron chi connectivity index (χ1n) is 7.42. The van der Waals surface area contributed by atoms with Gasteiger partial charge in [-0.2, -0.15) is 30.7 Å². The third-order valence-electron chi connectivity index (χ3n) is 3.77. The molecule has 0 aromatic carbocycles. The zero-order valence-electron chi connectivity index (χ0n) is 13.5. The maximum Gasteiger partial charge on any atom is 0.371 e. The van der Waals surface area contributed by atoms with E-state index in [9.17, 15) is 26.3 Å². The van der Waals surface area contributed by atoms with E-state index in [0.29, 0.717) is 12.2 Å². The SMILES string of the molecule is CN1CCC=C(c2nsnc2OCCC(F)(F)C(F)(F)C(C)(F)F)C1. The van der Waals surface area contributed by atoms with Crippen molar-refractivity contribution in [3.8, 4) is 5.88 Å². The minimum atomic E-state index is -5.47. The van der Waals surface area contributed by atoms with Gasteiger partial charge in [0.15, 0.2) is 0 Å². The molecule has 1 aromatic rings. The van der Waals surface area contributed by atoms with Crippen LogP contribution < -0.4 is 4.74 Å². The lowest BCUT2D eigenvalue weighted by molar-refractivity contribution is -0.305. The Morgan fingerprint density at radius 1 is 1.20 bits per heavy atom. The highest BCUT2D eigenvalue weighted by molar-refractivity contribution is 6.99. The van der Waals surface area contributed by atoms with E-state index >= 15 is 0 Å². The molecule has 2 heterocycles. The molecule has 0 bridgehead atoms. The zero-order valence-corrected chi connectivity index (χ0v) is 14.4. The molecule has 0 saturated heterocycles. The molecule has 0 amide bonds. The smallest absolute Gasteiger partial charge is 0.371 e. The fraction of sp³-hybridized carbons (Fsp3) is 0.714. The van der Waals surface area contributed by atoms with E-state index in [4.69, 9.17) is 4.74 Å². The highest BCUT2D eigenvalue weighted by Crippen LogP contribution is 2.47. The third kappa shape index (κ3) is 4.25. The summed E-state index contributed by atoms with van der Waals surface area (Å²) in [6, 6.07) is 0. The first kappa shape index (κ1) is 20.0. The Labute approximate surface area is 144 Å². The van der Waals surface area contributed by atoms with Crippen LogP contribution in [0.2, 0.25) is 0 Å². The van der Waals surface area contributed by atoms with Crippen molar-refractivity contribution in [3.05, 3.63) is 11.8 Å². The Hall–Kier alpha value is -1.36. The summed E-state index contributed by atoms with van der Waals surface area (Å²) in [5, 5.41) is 0. The molecule has 1 aliphatic heterocycles. The second kappa shape index (κ2) is 7.10. The minimum Gasteiger partial charge on any atom is -0.475 e. The predicted octanol–water partition coefficient (Wildman–Crippen LogP) is 3.95. The van der Waals surface area contributed by atoms with Gasteiger partial charge in [0, 0.05) is 20.0 Å². The fourth-order valence-corrected chi connectivity index (χ4v) is 2.82. The van der Waals surface area contributed by atoms with Crippen LogP contribution in [0.15, 0.2) is 6.08 Å². The van der Waals surface area contributed by atoms with Crippen molar-refractivity contribution in [2.45, 2.75) is 37.5 Å². The number of ether oxygens (including phenoxy) is 1. The van der Waals surface area contributed by atoms with Crippen LogP contribution >= 0.6 is 11.7 Å². The van der Waals surface area contributed by atoms with E-state index in [1.807, 2.05) is 18.0 Å². The summed E-state index contributed by atoms with van der Waals surface area (Å²) >= 11 is 0.789. The number of likely N-dealkylation sites (N-methyl/N-ethyl adjacent to an activating group) is 1. The normalized spacial score (nSPS) is 17.5. The van der Waals surface area contributed by atoms with E-state index in [0.717, 1.165) is 30.3 Å². The first-order valence-corrected chi connectivity index (χ1v) is 8.15. The van der Waals surface area contributed by atoms with E-state index in [1.165, 1.54) is 0 Å². The van der Waals surface area contributed by atoms with E-state index in [-0.39, 0.29) is 12.8 Å². The van der Waals surface area contributed by atoms with Crippen LogP contribution in [-0.4, -0.2) is 58.2 Å². The van der Waals surface area contributed by atoms with E-state index in [2.05, 4.69) is 8.75 Å². The van der Waals surface area contributed by atoms with Gasteiger partial charge in [-0.15, -0.1) is 4.37 Å². The molecule has 0 spiro atoms. The van der Waals surface area contributed by atoms with E-state index in [1.54, 1.807) is 0 Å². The van der Waals surface area contributed by atoms with Gasteiger partial charge in [-0.1, -0.05) is 6.08 Å². The molecule has 0 aliphatic carbocycles. The summed E-state index contributed by atoms with van der Waals surface area (Å²) in [5.74, 6) is -15.3. The molecule has 0 saturated carbocycles. The first-order chi connectivity index (χ1) is 11.5. The Morgan fingerprint density at radius 2 is 1.88 bits per heavy atom. The Kier molecular flexibility index (Phi) is 5.67. The second-order valence-corrected chi connectivity index (χ2v) is 6.47. The Bertz CT molecular complexity index is 628. The summed E-state index contributed by atoms with van der Waals surface area (Å²) in [7, 11) is 1.89. The fourth-order valence-electron chi connectivity index (χ4n) is 2.29. The highest BCUT2D eigenvalue weighted by atomic mass is 32.1. The van der Waals surface area contributed by atoms with Crippen molar-refractivity contribution >= 4 is 17.3 Å². The standard InChI is InChI=1S/C14H17F6N3OS/c1-12(15,16)14(19,20)13(17,18)5-7-24-11-10(21-25-22-11)9-4-3-6-23(2)8-9/h4H,3,5-8H2,1-2H3. The van der Waals surface area contributed by atoms with Crippen molar-refractivity contribution in [3.63, 3.8) is 0 Å². The summed E-state index contributed by atoms with van der Waals surface area (Å²) in [6.07, 6.45) is 1.10. The molecule has 0 atom stereocenters. The third-order valence-corrected chi connectivity index (χ3v) is 4.28. The molecule has 1 aromatic heterocycles. The molecule has 0 fully saturated rings. The molecule has 142 valence electrons. The van der Waals surface area contributed by atoms with Gasteiger partial charge in [0.25, 0.3) is 5.88 Å². The molecule has 2 rings (SSSR count). The lowest BCUT2D eigenvalue weighted by atomic mass is 10.0. The molecule has 0 N–H and O–H groups in total. The molecule has 11 heteroatoms. The number of halogens is 6. The highest BCUT2D eigenvalue weighted by Gasteiger charge is 2.68. The van der Waals surface area contributed by atoms with E-state index < -0.39 is 30.8 Å². The lowest BCUT2D eigenvalue weighted by Gasteiger charge is -2.30. The zero-order chi connectivity index (χ0) is 18.9. The van der Waals surface area contributed by atoms with Gasteiger partial charge in [-0.05, 0) is 19.0 Å². The predicted molar refractivity (Wildman–Crippen MR) is 80.6 cm³/mol. The van der Waals surface area contributed by atoms with Crippen LogP contribution in [0.4, 0.5) is 26.3 Å². The van der Waals surface area contributed by atoms with Gasteiger partial charge >= 0.3 is 17.8 Å². The lowest BCUT2D eigenvalue weighted by Crippen LogP contribution is -2.53. The van der Waals surface area contributed by atoms with Crippen LogP contribution in [0, 0.1) is 0 Å². The molecule has 25 heavy (non-hydrogen) atoms. The largest absolute Gasteiger partial charge is 0.475 e. The van der Waals surface area contributed by atoms with Crippen molar-refractivity contribution in [2.24, 2.45) is 0 Å². The van der Waals surface area contributed by atoms with Crippen molar-refractivity contribution in [1.29, 1.82) is 0 Å². The van der Waals surface area contributed by atoms with Crippen molar-refractivity contribution in [2.75, 3.05) is 26.7 Å². The van der Waals surface area contributed by atoms with Crippen LogP contribution in [0.3, 0.4) is 0 Å². The number of alkyl halides is 6. The number of nitrogens with zero attached hydrogens (tertiary/aromatic N) is 3. The summed E-state index contributed by atoms with van der Waals surface area (Å²) < 4.78 is 91.7. The van der Waals surface area contributed by atoms with Crippen LogP contribution in [0.25, 0.3) is 5.57 Å². The van der Waals surface area contributed by atoms with Gasteiger partial charge in [0.1, 0.15) is 5.69 Å². The maximum absolute atomic E-state index is 13.5. The quantitative estimate of drug-likeness (QED) is 0.662. The molecular weight excluding hydrogens is 372 g/mol.